The number of azide groups is 1. The van der Waals surface area contributed by atoms with Gasteiger partial charge in [0.1, 0.15) is 0 Å². The highest BCUT2D eigenvalue weighted by Crippen LogP contribution is 2.32. The van der Waals surface area contributed by atoms with Crippen molar-refractivity contribution < 1.29 is 0 Å². The standard InChI is InChI=1S/C23H41N3Si/c1-21(2)18-27(19-22(3)4,20-23(5)6)17-15-13-11-9-7-8-10-12-14-16-25-26-24/h15,17H,1,3,5,7-14,16,18-20H2,2,4,6H3. The molecule has 0 spiro atoms. The maximum atomic E-state index is 8.23. The van der Waals surface area contributed by atoms with Crippen LogP contribution in [0.25, 0.3) is 10.4 Å². The number of rotatable bonds is 17. The molecule has 152 valence electrons. The molecule has 0 fully saturated rings. The van der Waals surface area contributed by atoms with E-state index in [0.29, 0.717) is 6.54 Å². The van der Waals surface area contributed by atoms with Gasteiger partial charge in [-0.1, -0.05) is 65.7 Å². The van der Waals surface area contributed by atoms with Crippen molar-refractivity contribution in [3.8, 4) is 0 Å². The van der Waals surface area contributed by atoms with Gasteiger partial charge in [-0.2, -0.15) is 0 Å². The third-order valence-corrected chi connectivity index (χ3v) is 9.49. The van der Waals surface area contributed by atoms with Crippen LogP contribution in [0, 0.1) is 0 Å². The molecule has 0 unspecified atom stereocenters. The quantitative estimate of drug-likeness (QED) is 0.0598. The van der Waals surface area contributed by atoms with Gasteiger partial charge in [-0.25, -0.2) is 0 Å². The Morgan fingerprint density at radius 1 is 0.815 bits per heavy atom. The third-order valence-electron chi connectivity index (χ3n) is 4.63. The summed E-state index contributed by atoms with van der Waals surface area (Å²) in [6, 6.07) is 3.41. The molecule has 0 saturated heterocycles. The summed E-state index contributed by atoms with van der Waals surface area (Å²) in [6.07, 6.45) is 12.2. The maximum absolute atomic E-state index is 8.23. The number of unbranched alkanes of at least 4 members (excludes halogenated alkanes) is 7. The molecular weight excluding hydrogens is 346 g/mol. The second-order valence-electron chi connectivity index (χ2n) is 8.38. The summed E-state index contributed by atoms with van der Waals surface area (Å²) in [7, 11) is -1.60. The van der Waals surface area contributed by atoms with E-state index in [1.807, 2.05) is 0 Å². The largest absolute Gasteiger partial charge is 0.100 e. The van der Waals surface area contributed by atoms with Gasteiger partial charge >= 0.3 is 0 Å². The minimum atomic E-state index is -1.60. The predicted octanol–water partition coefficient (Wildman–Crippen LogP) is 8.69. The van der Waals surface area contributed by atoms with Gasteiger partial charge in [-0.15, -0.1) is 19.7 Å². The van der Waals surface area contributed by atoms with Gasteiger partial charge in [-0.3, -0.25) is 0 Å². The number of hydrogen-bond acceptors (Lipinski definition) is 1. The Labute approximate surface area is 169 Å². The van der Waals surface area contributed by atoms with Crippen LogP contribution >= 0.6 is 0 Å². The predicted molar refractivity (Wildman–Crippen MR) is 125 cm³/mol. The lowest BCUT2D eigenvalue weighted by molar-refractivity contribution is 0.584. The van der Waals surface area contributed by atoms with E-state index in [0.717, 1.165) is 24.6 Å². The lowest BCUT2D eigenvalue weighted by Crippen LogP contribution is -2.32. The van der Waals surface area contributed by atoms with Gasteiger partial charge in [0.05, 0.1) is 8.07 Å². The lowest BCUT2D eigenvalue weighted by atomic mass is 10.1. The third kappa shape index (κ3) is 15.3. The Kier molecular flexibility index (Phi) is 14.7. The van der Waals surface area contributed by atoms with Crippen LogP contribution in [0.4, 0.5) is 0 Å². The smallest absolute Gasteiger partial charge is 0.0892 e. The zero-order chi connectivity index (χ0) is 20.5. The summed E-state index contributed by atoms with van der Waals surface area (Å²) in [5, 5.41) is 3.57. The molecule has 0 aliphatic heterocycles. The zero-order valence-corrected chi connectivity index (χ0v) is 19.1. The van der Waals surface area contributed by atoms with Crippen molar-refractivity contribution in [2.75, 3.05) is 6.54 Å². The Morgan fingerprint density at radius 3 is 1.70 bits per heavy atom. The van der Waals surface area contributed by atoms with Crippen molar-refractivity contribution in [1.29, 1.82) is 0 Å². The van der Waals surface area contributed by atoms with E-state index >= 15 is 0 Å². The van der Waals surface area contributed by atoms with Crippen molar-refractivity contribution in [1.82, 2.24) is 0 Å². The summed E-state index contributed by atoms with van der Waals surface area (Å²) < 4.78 is 0. The highest BCUT2D eigenvalue weighted by atomic mass is 28.3. The molecule has 0 aliphatic carbocycles. The van der Waals surface area contributed by atoms with Crippen molar-refractivity contribution in [3.05, 3.63) is 58.7 Å². The van der Waals surface area contributed by atoms with E-state index in [1.54, 1.807) is 0 Å². The number of allylic oxidation sites excluding steroid dienone is 4. The van der Waals surface area contributed by atoms with E-state index in [-0.39, 0.29) is 0 Å². The van der Waals surface area contributed by atoms with Crippen LogP contribution in [0.2, 0.25) is 18.1 Å². The first kappa shape index (κ1) is 25.5. The molecule has 27 heavy (non-hydrogen) atoms. The second-order valence-corrected chi connectivity index (χ2v) is 12.5. The fourth-order valence-corrected chi connectivity index (χ4v) is 8.88. The average molecular weight is 388 g/mol. The fourth-order valence-electron chi connectivity index (χ4n) is 3.87. The van der Waals surface area contributed by atoms with Crippen LogP contribution in [0.5, 0.6) is 0 Å². The van der Waals surface area contributed by atoms with Gasteiger partial charge in [0, 0.05) is 11.5 Å². The fraction of sp³-hybridized carbons (Fsp3) is 0.652. The van der Waals surface area contributed by atoms with Crippen LogP contribution < -0.4 is 0 Å². The Hall–Kier alpha value is -1.51. The van der Waals surface area contributed by atoms with Gasteiger partial charge in [0.2, 0.25) is 0 Å². The highest BCUT2D eigenvalue weighted by molar-refractivity contribution is 6.86. The first-order valence-corrected chi connectivity index (χ1v) is 13.1. The zero-order valence-electron chi connectivity index (χ0n) is 18.1. The molecule has 0 bridgehead atoms. The first-order valence-electron chi connectivity index (χ1n) is 10.4. The number of nitrogens with zero attached hydrogens (tertiary/aromatic N) is 3. The lowest BCUT2D eigenvalue weighted by Gasteiger charge is -2.30. The molecule has 0 aromatic heterocycles. The van der Waals surface area contributed by atoms with Crippen LogP contribution in [0.1, 0.15) is 72.1 Å². The Balaban J connectivity index is 4.29. The van der Waals surface area contributed by atoms with Crippen LogP contribution in [0.3, 0.4) is 0 Å². The molecular formula is C23H41N3Si. The van der Waals surface area contributed by atoms with Crippen molar-refractivity contribution >= 4 is 8.07 Å². The van der Waals surface area contributed by atoms with Gasteiger partial charge in [0.25, 0.3) is 0 Å². The molecule has 0 aromatic carbocycles. The normalized spacial score (nSPS) is 11.4. The van der Waals surface area contributed by atoms with E-state index < -0.39 is 8.07 Å². The first-order chi connectivity index (χ1) is 12.8. The molecule has 3 nitrogen and oxygen atoms in total. The molecule has 0 saturated carbocycles. The Morgan fingerprint density at radius 2 is 1.26 bits per heavy atom. The molecule has 0 rings (SSSR count). The van der Waals surface area contributed by atoms with Gasteiger partial charge < -0.3 is 0 Å². The molecule has 4 heteroatoms. The molecule has 0 atom stereocenters. The summed E-state index contributed by atoms with van der Waals surface area (Å²) >= 11 is 0. The summed E-state index contributed by atoms with van der Waals surface area (Å²) in [5.41, 5.74) is 14.6. The monoisotopic (exact) mass is 387 g/mol. The Bertz CT molecular complexity index is 501. The van der Waals surface area contributed by atoms with E-state index in [2.05, 4.69) is 62.3 Å². The van der Waals surface area contributed by atoms with Crippen molar-refractivity contribution in [2.24, 2.45) is 5.11 Å². The molecule has 0 heterocycles. The molecule has 0 aliphatic rings. The van der Waals surface area contributed by atoms with Crippen molar-refractivity contribution in [2.45, 2.75) is 90.3 Å². The number of hydrogen-bond donors (Lipinski definition) is 0. The van der Waals surface area contributed by atoms with Crippen molar-refractivity contribution in [3.63, 3.8) is 0 Å². The highest BCUT2D eigenvalue weighted by Gasteiger charge is 2.29. The summed E-state index contributed by atoms with van der Waals surface area (Å²) in [4.78, 5) is 2.78. The van der Waals surface area contributed by atoms with E-state index in [4.69, 9.17) is 5.53 Å². The van der Waals surface area contributed by atoms with Crippen LogP contribution in [0.15, 0.2) is 53.3 Å². The summed E-state index contributed by atoms with van der Waals surface area (Å²) in [5.74, 6) is 0. The minimum Gasteiger partial charge on any atom is -0.100 e. The van der Waals surface area contributed by atoms with Crippen LogP contribution in [-0.2, 0) is 0 Å². The molecule has 0 amide bonds. The van der Waals surface area contributed by atoms with E-state index in [9.17, 15) is 0 Å². The molecule has 0 radical (unpaired) electrons. The van der Waals surface area contributed by atoms with Gasteiger partial charge in [0.15, 0.2) is 0 Å². The second kappa shape index (κ2) is 15.5. The molecule has 0 aromatic rings. The average Bonchev–Trinajstić information content (AvgIpc) is 2.53. The molecule has 0 N–H and O–H groups in total. The van der Waals surface area contributed by atoms with E-state index in [1.165, 1.54) is 61.7 Å². The van der Waals surface area contributed by atoms with Gasteiger partial charge in [-0.05, 0) is 63.7 Å². The topological polar surface area (TPSA) is 48.8 Å². The SMILES string of the molecule is C=C(C)C[Si](C=CCCCCCCCCCN=[N+]=[N-])(CC(=C)C)CC(=C)C. The van der Waals surface area contributed by atoms with Crippen LogP contribution in [-0.4, -0.2) is 14.6 Å². The maximum Gasteiger partial charge on any atom is 0.0892 e. The minimum absolute atomic E-state index is 0.644. The summed E-state index contributed by atoms with van der Waals surface area (Å²) in [6.45, 7) is 19.6.